The molecule has 2 N–H and O–H groups in total. The second kappa shape index (κ2) is 6.60. The van der Waals surface area contributed by atoms with E-state index in [1.807, 2.05) is 16.7 Å². The molecule has 2 aromatic heterocycles. The fourth-order valence-electron chi connectivity index (χ4n) is 3.12. The van der Waals surface area contributed by atoms with Crippen LogP contribution >= 0.6 is 0 Å². The molecule has 7 nitrogen and oxygen atoms in total. The first kappa shape index (κ1) is 15.7. The highest BCUT2D eigenvalue weighted by atomic mass is 16.5. The number of hydrogen-bond donors (Lipinski definition) is 2. The molecule has 3 aromatic rings. The zero-order valence-corrected chi connectivity index (χ0v) is 14.0. The van der Waals surface area contributed by atoms with Crippen LogP contribution in [0.15, 0.2) is 36.8 Å². The lowest BCUT2D eigenvalue weighted by Crippen LogP contribution is -2.19. The fraction of sp³-hybridized carbons (Fsp3) is 0.333. The predicted molar refractivity (Wildman–Crippen MR) is 94.1 cm³/mol. The Morgan fingerprint density at radius 1 is 1.44 bits per heavy atom. The number of nitrogens with one attached hydrogen (secondary N) is 1. The van der Waals surface area contributed by atoms with E-state index < -0.39 is 0 Å². The Labute approximate surface area is 145 Å². The number of ether oxygens (including phenoxy) is 2. The molecule has 1 aliphatic rings. The van der Waals surface area contributed by atoms with Crippen molar-refractivity contribution < 1.29 is 14.6 Å². The Morgan fingerprint density at radius 3 is 3.16 bits per heavy atom. The average Bonchev–Trinajstić information content (AvgIpc) is 3.28. The van der Waals surface area contributed by atoms with Crippen LogP contribution in [0.1, 0.15) is 12.8 Å². The maximum atomic E-state index is 9.85. The second-order valence-corrected chi connectivity index (χ2v) is 6.02. The monoisotopic (exact) mass is 340 g/mol. The van der Waals surface area contributed by atoms with Crippen molar-refractivity contribution in [2.45, 2.75) is 18.9 Å². The topological polar surface area (TPSA) is 80.9 Å². The average molecular weight is 340 g/mol. The van der Waals surface area contributed by atoms with E-state index in [-0.39, 0.29) is 11.9 Å². The van der Waals surface area contributed by atoms with E-state index >= 15 is 0 Å². The zero-order valence-electron chi connectivity index (χ0n) is 14.0. The van der Waals surface area contributed by atoms with Gasteiger partial charge < -0.3 is 19.9 Å². The number of phenolic OH excluding ortho intramolecular Hbond substituents is 1. The van der Waals surface area contributed by atoms with E-state index in [9.17, 15) is 5.11 Å². The van der Waals surface area contributed by atoms with Crippen LogP contribution in [0, 0.1) is 0 Å². The Balaban J connectivity index is 1.75. The minimum absolute atomic E-state index is 0.102. The van der Waals surface area contributed by atoms with Crippen LogP contribution in [-0.2, 0) is 4.74 Å². The van der Waals surface area contributed by atoms with E-state index in [4.69, 9.17) is 14.5 Å². The van der Waals surface area contributed by atoms with E-state index in [2.05, 4.69) is 10.3 Å². The lowest BCUT2D eigenvalue weighted by atomic mass is 10.1. The number of hydrogen-bond acceptors (Lipinski definition) is 6. The summed E-state index contributed by atoms with van der Waals surface area (Å²) in [6.45, 7) is 1.55. The molecule has 1 atom stereocenters. The van der Waals surface area contributed by atoms with Gasteiger partial charge in [-0.1, -0.05) is 0 Å². The third-order valence-corrected chi connectivity index (χ3v) is 4.40. The molecule has 1 saturated heterocycles. The third-order valence-electron chi connectivity index (χ3n) is 4.40. The van der Waals surface area contributed by atoms with Crippen molar-refractivity contribution in [3.63, 3.8) is 0 Å². The van der Waals surface area contributed by atoms with Crippen molar-refractivity contribution in [1.82, 2.24) is 14.4 Å². The van der Waals surface area contributed by atoms with Gasteiger partial charge in [-0.25, -0.2) is 4.98 Å². The predicted octanol–water partition coefficient (Wildman–Crippen LogP) is 2.70. The van der Waals surface area contributed by atoms with Gasteiger partial charge in [0.25, 0.3) is 0 Å². The highest BCUT2D eigenvalue weighted by Crippen LogP contribution is 2.35. The summed E-state index contributed by atoms with van der Waals surface area (Å²) in [4.78, 5) is 8.84. The number of anilines is 1. The molecule has 1 aromatic carbocycles. The SMILES string of the molecule is COc1cc(-c2nc3cnccn3c2NC[C@@H]2CCCO2)ccc1O. The van der Waals surface area contributed by atoms with Crippen LogP contribution in [0.5, 0.6) is 11.5 Å². The van der Waals surface area contributed by atoms with Crippen molar-refractivity contribution >= 4 is 11.5 Å². The van der Waals surface area contributed by atoms with E-state index in [0.717, 1.165) is 48.7 Å². The Morgan fingerprint density at radius 2 is 2.36 bits per heavy atom. The first-order valence-corrected chi connectivity index (χ1v) is 8.31. The summed E-state index contributed by atoms with van der Waals surface area (Å²) >= 11 is 0. The van der Waals surface area contributed by atoms with Crippen LogP contribution < -0.4 is 10.1 Å². The summed E-state index contributed by atoms with van der Waals surface area (Å²) in [5, 5.41) is 13.3. The summed E-state index contributed by atoms with van der Waals surface area (Å²) in [6, 6.07) is 5.21. The van der Waals surface area contributed by atoms with E-state index in [1.54, 1.807) is 24.5 Å². The molecule has 0 bridgehead atoms. The molecule has 3 heterocycles. The Kier molecular flexibility index (Phi) is 4.15. The van der Waals surface area contributed by atoms with Gasteiger partial charge >= 0.3 is 0 Å². The molecule has 0 amide bonds. The molecular weight excluding hydrogens is 320 g/mol. The number of aromatic hydroxyl groups is 1. The van der Waals surface area contributed by atoms with Crippen LogP contribution in [0.25, 0.3) is 16.9 Å². The van der Waals surface area contributed by atoms with Gasteiger partial charge in [-0.3, -0.25) is 9.38 Å². The van der Waals surface area contributed by atoms with Gasteiger partial charge in [-0.15, -0.1) is 0 Å². The molecule has 0 unspecified atom stereocenters. The highest BCUT2D eigenvalue weighted by Gasteiger charge is 2.19. The first-order chi connectivity index (χ1) is 12.3. The molecule has 0 spiro atoms. The number of rotatable bonds is 5. The normalized spacial score (nSPS) is 17.1. The van der Waals surface area contributed by atoms with Gasteiger partial charge in [0.1, 0.15) is 11.5 Å². The molecule has 0 aliphatic carbocycles. The maximum Gasteiger partial charge on any atom is 0.161 e. The molecule has 1 fully saturated rings. The fourth-order valence-corrected chi connectivity index (χ4v) is 3.12. The quantitative estimate of drug-likeness (QED) is 0.743. The van der Waals surface area contributed by atoms with Crippen LogP contribution in [-0.4, -0.2) is 45.8 Å². The maximum absolute atomic E-state index is 9.85. The number of fused-ring (bicyclic) bond motifs is 1. The third kappa shape index (κ3) is 2.98. The van der Waals surface area contributed by atoms with Gasteiger partial charge in [-0.05, 0) is 31.0 Å². The number of phenols is 1. The molecule has 4 rings (SSSR count). The van der Waals surface area contributed by atoms with Crippen molar-refractivity contribution in [2.24, 2.45) is 0 Å². The number of imidazole rings is 1. The van der Waals surface area contributed by atoms with Crippen molar-refractivity contribution in [3.8, 4) is 22.8 Å². The van der Waals surface area contributed by atoms with Crippen LogP contribution in [0.3, 0.4) is 0 Å². The molecular formula is C18H20N4O3. The lowest BCUT2D eigenvalue weighted by Gasteiger charge is -2.13. The van der Waals surface area contributed by atoms with Gasteiger partial charge in [0, 0.05) is 31.1 Å². The summed E-state index contributed by atoms with van der Waals surface area (Å²) in [5.74, 6) is 1.39. The molecule has 25 heavy (non-hydrogen) atoms. The summed E-state index contributed by atoms with van der Waals surface area (Å²) in [5.41, 5.74) is 2.39. The number of nitrogens with zero attached hydrogens (tertiary/aromatic N) is 3. The van der Waals surface area contributed by atoms with Gasteiger partial charge in [-0.2, -0.15) is 0 Å². The highest BCUT2D eigenvalue weighted by molar-refractivity contribution is 5.77. The van der Waals surface area contributed by atoms with Crippen molar-refractivity contribution in [2.75, 3.05) is 25.6 Å². The van der Waals surface area contributed by atoms with Gasteiger partial charge in [0.05, 0.1) is 19.4 Å². The standard InChI is InChI=1S/C18H20N4O3/c1-24-15-9-12(4-5-14(15)23)17-18(20-10-13-3-2-8-25-13)22-7-6-19-11-16(22)21-17/h4-7,9,11,13,20,23H,2-3,8,10H2,1H3/t13-/m0/s1. The Bertz CT molecular complexity index is 887. The largest absolute Gasteiger partial charge is 0.504 e. The minimum atomic E-state index is 0.102. The number of benzene rings is 1. The van der Waals surface area contributed by atoms with Crippen molar-refractivity contribution in [3.05, 3.63) is 36.8 Å². The van der Waals surface area contributed by atoms with Gasteiger partial charge in [0.2, 0.25) is 0 Å². The molecule has 1 aliphatic heterocycles. The molecule has 7 heteroatoms. The Hall–Kier alpha value is -2.80. The van der Waals surface area contributed by atoms with Crippen LogP contribution in [0.4, 0.5) is 5.82 Å². The molecule has 0 saturated carbocycles. The molecule has 130 valence electrons. The molecule has 0 radical (unpaired) electrons. The number of aromatic nitrogens is 3. The minimum Gasteiger partial charge on any atom is -0.504 e. The summed E-state index contributed by atoms with van der Waals surface area (Å²) < 4.78 is 12.9. The number of methoxy groups -OCH3 is 1. The second-order valence-electron chi connectivity index (χ2n) is 6.02. The zero-order chi connectivity index (χ0) is 17.2. The van der Waals surface area contributed by atoms with Crippen molar-refractivity contribution in [1.29, 1.82) is 0 Å². The van der Waals surface area contributed by atoms with E-state index in [1.165, 1.54) is 7.11 Å². The van der Waals surface area contributed by atoms with Gasteiger partial charge in [0.15, 0.2) is 17.1 Å². The van der Waals surface area contributed by atoms with E-state index in [0.29, 0.717) is 5.75 Å². The van der Waals surface area contributed by atoms with Crippen LogP contribution in [0.2, 0.25) is 0 Å². The smallest absolute Gasteiger partial charge is 0.161 e. The summed E-state index contributed by atoms with van der Waals surface area (Å²) in [7, 11) is 1.53. The summed E-state index contributed by atoms with van der Waals surface area (Å²) in [6.07, 6.45) is 7.71. The first-order valence-electron chi connectivity index (χ1n) is 8.31. The lowest BCUT2D eigenvalue weighted by molar-refractivity contribution is 0.120.